The van der Waals surface area contributed by atoms with Gasteiger partial charge in [-0.05, 0) is 57.0 Å². The first-order chi connectivity index (χ1) is 8.85. The summed E-state index contributed by atoms with van der Waals surface area (Å²) in [5, 5.41) is 0. The van der Waals surface area contributed by atoms with Gasteiger partial charge in [-0.3, -0.25) is 0 Å². The van der Waals surface area contributed by atoms with Crippen molar-refractivity contribution in [1.82, 2.24) is 4.90 Å². The van der Waals surface area contributed by atoms with E-state index in [-0.39, 0.29) is 0 Å². The second-order valence-electron chi connectivity index (χ2n) is 6.65. The number of piperidine rings is 2. The summed E-state index contributed by atoms with van der Waals surface area (Å²) >= 11 is 0. The van der Waals surface area contributed by atoms with Crippen LogP contribution in [0.25, 0.3) is 0 Å². The fraction of sp³-hybridized carbons (Fsp3) is 1.00. The van der Waals surface area contributed by atoms with Crippen molar-refractivity contribution >= 4 is 0 Å². The minimum Gasteiger partial charge on any atom is -0.300 e. The van der Waals surface area contributed by atoms with Gasteiger partial charge in [-0.25, -0.2) is 0 Å². The first-order valence-electron chi connectivity index (χ1n) is 8.59. The van der Waals surface area contributed by atoms with Crippen molar-refractivity contribution in [3.05, 3.63) is 0 Å². The average molecular weight is 251 g/mol. The number of unbranched alkanes of at least 4 members (excludes halogenated alkanes) is 1. The number of hydrogen-bond donors (Lipinski definition) is 0. The molecular formula is C17H33N. The maximum absolute atomic E-state index is 2.82. The molecule has 2 aliphatic rings. The summed E-state index contributed by atoms with van der Waals surface area (Å²) in [6.07, 6.45) is 14.6. The molecule has 0 aromatic rings. The SMILES string of the molecule is CCCCC(CC)CC1CCCN2CCCCC12. The second-order valence-corrected chi connectivity index (χ2v) is 6.65. The van der Waals surface area contributed by atoms with Gasteiger partial charge >= 0.3 is 0 Å². The topological polar surface area (TPSA) is 3.24 Å². The molecular weight excluding hydrogens is 218 g/mol. The Bertz CT molecular complexity index is 224. The van der Waals surface area contributed by atoms with Crippen molar-refractivity contribution in [1.29, 1.82) is 0 Å². The van der Waals surface area contributed by atoms with Gasteiger partial charge in [0, 0.05) is 6.04 Å². The first-order valence-corrected chi connectivity index (χ1v) is 8.59. The summed E-state index contributed by atoms with van der Waals surface area (Å²) in [6, 6.07) is 0.961. The molecule has 0 N–H and O–H groups in total. The largest absolute Gasteiger partial charge is 0.300 e. The lowest BCUT2D eigenvalue weighted by molar-refractivity contribution is 0.0469. The van der Waals surface area contributed by atoms with Gasteiger partial charge in [0.1, 0.15) is 0 Å². The Morgan fingerprint density at radius 2 is 1.89 bits per heavy atom. The van der Waals surface area contributed by atoms with E-state index in [1.165, 1.54) is 77.3 Å². The van der Waals surface area contributed by atoms with E-state index >= 15 is 0 Å². The molecule has 3 atom stereocenters. The van der Waals surface area contributed by atoms with Crippen LogP contribution in [0.1, 0.15) is 78.1 Å². The van der Waals surface area contributed by atoms with Gasteiger partial charge in [-0.15, -0.1) is 0 Å². The highest BCUT2D eigenvalue weighted by Gasteiger charge is 2.33. The van der Waals surface area contributed by atoms with Crippen LogP contribution in [0.5, 0.6) is 0 Å². The molecule has 18 heavy (non-hydrogen) atoms. The highest BCUT2D eigenvalue weighted by atomic mass is 15.2. The number of fused-ring (bicyclic) bond motifs is 1. The molecule has 0 aromatic heterocycles. The van der Waals surface area contributed by atoms with Crippen LogP contribution in [0.4, 0.5) is 0 Å². The van der Waals surface area contributed by atoms with E-state index in [1.54, 1.807) is 0 Å². The third kappa shape index (κ3) is 3.73. The smallest absolute Gasteiger partial charge is 0.0124 e. The summed E-state index contributed by atoms with van der Waals surface area (Å²) in [4.78, 5) is 2.82. The fourth-order valence-electron chi connectivity index (χ4n) is 4.26. The van der Waals surface area contributed by atoms with Crippen LogP contribution >= 0.6 is 0 Å². The molecule has 1 heteroatoms. The highest BCUT2D eigenvalue weighted by molar-refractivity contribution is 4.88. The molecule has 0 bridgehead atoms. The molecule has 0 radical (unpaired) electrons. The van der Waals surface area contributed by atoms with E-state index in [1.807, 2.05) is 0 Å². The third-order valence-electron chi connectivity index (χ3n) is 5.41. The molecule has 0 saturated carbocycles. The molecule has 0 aromatic carbocycles. The van der Waals surface area contributed by atoms with Crippen LogP contribution in [-0.2, 0) is 0 Å². The van der Waals surface area contributed by atoms with E-state index in [9.17, 15) is 0 Å². The van der Waals surface area contributed by atoms with Crippen molar-refractivity contribution in [2.24, 2.45) is 11.8 Å². The summed E-state index contributed by atoms with van der Waals surface area (Å²) in [7, 11) is 0. The lowest BCUT2D eigenvalue weighted by Gasteiger charge is -2.45. The van der Waals surface area contributed by atoms with Gasteiger partial charge in [0.25, 0.3) is 0 Å². The molecule has 2 aliphatic heterocycles. The van der Waals surface area contributed by atoms with Crippen molar-refractivity contribution in [3.63, 3.8) is 0 Å². The van der Waals surface area contributed by atoms with Crippen LogP contribution < -0.4 is 0 Å². The molecule has 0 spiro atoms. The Labute approximate surface area is 114 Å². The van der Waals surface area contributed by atoms with E-state index in [0.717, 1.165) is 17.9 Å². The van der Waals surface area contributed by atoms with Crippen LogP contribution in [0.2, 0.25) is 0 Å². The standard InChI is InChI=1S/C17H33N/c1-3-5-9-15(4-2)14-16-10-8-13-18-12-7-6-11-17(16)18/h15-17H,3-14H2,1-2H3. The van der Waals surface area contributed by atoms with E-state index in [4.69, 9.17) is 0 Å². The Hall–Kier alpha value is -0.0400. The second kappa shape index (κ2) is 7.53. The number of rotatable bonds is 6. The van der Waals surface area contributed by atoms with Gasteiger partial charge in [0.05, 0.1) is 0 Å². The number of hydrogen-bond acceptors (Lipinski definition) is 1. The van der Waals surface area contributed by atoms with Crippen LogP contribution in [0.3, 0.4) is 0 Å². The Balaban J connectivity index is 1.85. The van der Waals surface area contributed by atoms with Crippen molar-refractivity contribution in [3.8, 4) is 0 Å². The van der Waals surface area contributed by atoms with Gasteiger partial charge in [0.15, 0.2) is 0 Å². The normalized spacial score (nSPS) is 31.0. The minimum atomic E-state index is 0.961. The Kier molecular flexibility index (Phi) is 6.01. The fourth-order valence-corrected chi connectivity index (χ4v) is 4.26. The summed E-state index contributed by atoms with van der Waals surface area (Å²) in [6.45, 7) is 7.53. The molecule has 2 fully saturated rings. The minimum absolute atomic E-state index is 0.961. The summed E-state index contributed by atoms with van der Waals surface area (Å²) < 4.78 is 0. The lowest BCUT2D eigenvalue weighted by Crippen LogP contribution is -2.48. The summed E-state index contributed by atoms with van der Waals surface area (Å²) in [5.41, 5.74) is 0. The maximum atomic E-state index is 2.82. The average Bonchev–Trinajstić information content (AvgIpc) is 2.43. The molecule has 2 heterocycles. The first kappa shape index (κ1) is 14.4. The summed E-state index contributed by atoms with van der Waals surface area (Å²) in [5.74, 6) is 2.04. The quantitative estimate of drug-likeness (QED) is 0.652. The lowest BCUT2D eigenvalue weighted by atomic mass is 9.77. The zero-order chi connectivity index (χ0) is 12.8. The molecule has 0 amide bonds. The monoisotopic (exact) mass is 251 g/mol. The predicted molar refractivity (Wildman–Crippen MR) is 79.9 cm³/mol. The predicted octanol–water partition coefficient (Wildman–Crippen LogP) is 4.86. The molecule has 3 unspecified atom stereocenters. The van der Waals surface area contributed by atoms with Crippen LogP contribution in [0.15, 0.2) is 0 Å². The molecule has 2 rings (SSSR count). The van der Waals surface area contributed by atoms with E-state index < -0.39 is 0 Å². The zero-order valence-corrected chi connectivity index (χ0v) is 12.7. The molecule has 0 aliphatic carbocycles. The van der Waals surface area contributed by atoms with E-state index in [2.05, 4.69) is 18.7 Å². The van der Waals surface area contributed by atoms with Crippen molar-refractivity contribution in [2.75, 3.05) is 13.1 Å². The Morgan fingerprint density at radius 3 is 2.67 bits per heavy atom. The third-order valence-corrected chi connectivity index (χ3v) is 5.41. The molecule has 1 nitrogen and oxygen atoms in total. The van der Waals surface area contributed by atoms with Crippen molar-refractivity contribution in [2.45, 2.75) is 84.1 Å². The highest BCUT2D eigenvalue weighted by Crippen LogP contribution is 2.36. The van der Waals surface area contributed by atoms with E-state index in [0.29, 0.717) is 0 Å². The Morgan fingerprint density at radius 1 is 1.06 bits per heavy atom. The van der Waals surface area contributed by atoms with Gasteiger partial charge in [-0.2, -0.15) is 0 Å². The van der Waals surface area contributed by atoms with Crippen LogP contribution in [-0.4, -0.2) is 24.0 Å². The zero-order valence-electron chi connectivity index (χ0n) is 12.7. The van der Waals surface area contributed by atoms with Gasteiger partial charge < -0.3 is 4.90 Å². The molecule has 106 valence electrons. The number of nitrogens with zero attached hydrogens (tertiary/aromatic N) is 1. The maximum Gasteiger partial charge on any atom is 0.0124 e. The van der Waals surface area contributed by atoms with Crippen LogP contribution in [0, 0.1) is 11.8 Å². The van der Waals surface area contributed by atoms with Crippen molar-refractivity contribution < 1.29 is 0 Å². The molecule has 2 saturated heterocycles. The van der Waals surface area contributed by atoms with Gasteiger partial charge in [0.2, 0.25) is 0 Å². The van der Waals surface area contributed by atoms with Gasteiger partial charge in [-0.1, -0.05) is 46.0 Å².